The van der Waals surface area contributed by atoms with Gasteiger partial charge < -0.3 is 51.2 Å². The zero-order valence-electron chi connectivity index (χ0n) is 39.5. The van der Waals surface area contributed by atoms with Gasteiger partial charge in [0.05, 0.1) is 37.4 Å². The van der Waals surface area contributed by atoms with Gasteiger partial charge in [-0.1, -0.05) is 61.4 Å². The normalized spacial score (nSPS) is 22.0. The van der Waals surface area contributed by atoms with Crippen LogP contribution >= 0.6 is 0 Å². The van der Waals surface area contributed by atoms with Crippen LogP contribution in [0.1, 0.15) is 125 Å². The molecular formula is C50H74N8O8. The number of carbonyl (C=O) groups is 6. The highest BCUT2D eigenvalue weighted by Crippen LogP contribution is 2.32. The Hall–Kier alpha value is -4.90. The van der Waals surface area contributed by atoms with Crippen LogP contribution < -0.4 is 31.9 Å². The minimum Gasteiger partial charge on any atom is -0.379 e. The second-order valence-corrected chi connectivity index (χ2v) is 18.4. The lowest BCUT2D eigenvalue weighted by atomic mass is 9.87. The number of amides is 6. The highest BCUT2D eigenvalue weighted by molar-refractivity contribution is 5.94. The Morgan fingerprint density at radius 3 is 1.39 bits per heavy atom. The minimum atomic E-state index is -0.947. The largest absolute Gasteiger partial charge is 0.379 e. The van der Waals surface area contributed by atoms with Crippen molar-refractivity contribution in [3.8, 4) is 0 Å². The van der Waals surface area contributed by atoms with E-state index in [1.807, 2.05) is 24.3 Å². The topological polar surface area (TPSA) is 200 Å². The number of hydrogen-bond acceptors (Lipinski definition) is 10. The van der Waals surface area contributed by atoms with Gasteiger partial charge in [0, 0.05) is 26.3 Å². The van der Waals surface area contributed by atoms with Crippen LogP contribution in [0.5, 0.6) is 0 Å². The molecule has 362 valence electrons. The molecule has 66 heavy (non-hydrogen) atoms. The molecule has 2 aliphatic heterocycles. The van der Waals surface area contributed by atoms with Gasteiger partial charge in [-0.05, 0) is 127 Å². The number of hydrogen-bond donors (Lipinski definition) is 6. The molecule has 16 heteroatoms. The number of carbonyl (C=O) groups excluding carboxylic acids is 6. The molecule has 0 aromatic heterocycles. The van der Waals surface area contributed by atoms with E-state index in [0.717, 1.165) is 62.5 Å². The van der Waals surface area contributed by atoms with E-state index >= 15 is 0 Å². The Bertz CT molecular complexity index is 1830. The van der Waals surface area contributed by atoms with E-state index in [0.29, 0.717) is 64.8 Å². The third kappa shape index (κ3) is 13.4. The molecule has 2 fully saturated rings. The maximum absolute atomic E-state index is 14.0. The van der Waals surface area contributed by atoms with E-state index in [-0.39, 0.29) is 60.7 Å². The van der Waals surface area contributed by atoms with Crippen molar-refractivity contribution in [1.82, 2.24) is 41.7 Å². The van der Waals surface area contributed by atoms with Crippen LogP contribution in [0.25, 0.3) is 0 Å². The molecule has 2 saturated heterocycles. The predicted octanol–water partition coefficient (Wildman–Crippen LogP) is 3.14. The number of likely N-dealkylation sites (N-methyl/N-ethyl adjacent to an activating group) is 2. The summed E-state index contributed by atoms with van der Waals surface area (Å²) in [6.45, 7) is 4.99. The molecule has 1 unspecified atom stereocenters. The third-order valence-corrected chi connectivity index (χ3v) is 13.8. The van der Waals surface area contributed by atoms with Crippen LogP contribution in [0.2, 0.25) is 0 Å². The molecule has 2 aromatic carbocycles. The van der Waals surface area contributed by atoms with Crippen molar-refractivity contribution in [2.24, 2.45) is 0 Å². The number of likely N-dealkylation sites (tertiary alicyclic amines) is 2. The first-order valence-corrected chi connectivity index (χ1v) is 24.5. The van der Waals surface area contributed by atoms with Crippen LogP contribution in [-0.4, -0.2) is 135 Å². The van der Waals surface area contributed by atoms with Crippen molar-refractivity contribution >= 4 is 35.4 Å². The molecule has 2 aromatic rings. The van der Waals surface area contributed by atoms with E-state index < -0.39 is 36.3 Å². The summed E-state index contributed by atoms with van der Waals surface area (Å²) < 4.78 is 12.0. The summed E-state index contributed by atoms with van der Waals surface area (Å²) >= 11 is 0. The quantitative estimate of drug-likeness (QED) is 0.0902. The SMILES string of the molecule is CN[C@@H](C)C(=O)N[C@@H](COCCCCCCOC[C@H](NC(=O)[C@H](C)NC)C(=O)N1CCC[C@H]1C(=O)N[C@@H]1CCCc2ccccc21)C(=O)N1CCCC1C(=O)N[C@@H]1CCCc2ccccc21. The predicted molar refractivity (Wildman–Crippen MR) is 251 cm³/mol. The maximum Gasteiger partial charge on any atom is 0.248 e. The van der Waals surface area contributed by atoms with Crippen LogP contribution in [0.3, 0.4) is 0 Å². The molecule has 6 amide bonds. The summed E-state index contributed by atoms with van der Waals surface area (Å²) in [5.41, 5.74) is 4.76. The number of unbranched alkanes of at least 4 members (excludes halogenated alkanes) is 3. The molecule has 16 nitrogen and oxygen atoms in total. The van der Waals surface area contributed by atoms with Gasteiger partial charge in [0.1, 0.15) is 24.2 Å². The average molecular weight is 915 g/mol. The van der Waals surface area contributed by atoms with Crippen LogP contribution in [0.4, 0.5) is 0 Å². The standard InChI is InChI=1S/C50H74N8O8/c1-33(51-3)45(59)55-41(49(63)57-27-15-25-43(57)47(61)53-39-23-13-19-35-17-7-9-21-37(35)39)31-65-29-11-5-6-12-30-66-32-42(56-46(60)34(2)52-4)50(64)58-28-16-26-44(58)48(62)54-40-24-14-20-36-18-8-10-22-38(36)40/h7-10,17-18,21-22,33-34,39-44,51-52H,5-6,11-16,19-20,23-32H2,1-4H3,(H,53,61)(H,54,62)(H,55,59)(H,56,60)/t33-,34-,39+,40+,41-,42-,43-,44?/m0/s1. The van der Waals surface area contributed by atoms with E-state index in [4.69, 9.17) is 9.47 Å². The smallest absolute Gasteiger partial charge is 0.248 e. The van der Waals surface area contributed by atoms with Gasteiger partial charge in [0.15, 0.2) is 0 Å². The fourth-order valence-corrected chi connectivity index (χ4v) is 9.72. The van der Waals surface area contributed by atoms with E-state index in [2.05, 4.69) is 56.2 Å². The molecule has 6 N–H and O–H groups in total. The molecule has 8 atom stereocenters. The van der Waals surface area contributed by atoms with Crippen LogP contribution in [0.15, 0.2) is 48.5 Å². The minimum absolute atomic E-state index is 0.0215. The van der Waals surface area contributed by atoms with Crippen LogP contribution in [0, 0.1) is 0 Å². The summed E-state index contributed by atoms with van der Waals surface area (Å²) in [5.74, 6) is -1.65. The molecule has 2 heterocycles. The molecule has 4 aliphatic rings. The maximum atomic E-state index is 14.0. The second-order valence-electron chi connectivity index (χ2n) is 18.4. The monoisotopic (exact) mass is 915 g/mol. The lowest BCUT2D eigenvalue weighted by Crippen LogP contribution is -2.57. The highest BCUT2D eigenvalue weighted by Gasteiger charge is 2.41. The fourth-order valence-electron chi connectivity index (χ4n) is 9.72. The number of fused-ring (bicyclic) bond motifs is 2. The second kappa shape index (κ2) is 25.3. The van der Waals surface area contributed by atoms with Crippen molar-refractivity contribution in [3.63, 3.8) is 0 Å². The number of ether oxygens (including phenoxy) is 2. The van der Waals surface area contributed by atoms with Gasteiger partial charge in [-0.2, -0.15) is 0 Å². The summed E-state index contributed by atoms with van der Waals surface area (Å²) in [7, 11) is 3.36. The molecule has 0 radical (unpaired) electrons. The van der Waals surface area contributed by atoms with Gasteiger partial charge >= 0.3 is 0 Å². The van der Waals surface area contributed by atoms with Gasteiger partial charge in [0.25, 0.3) is 0 Å². The number of rotatable bonds is 23. The molecule has 0 spiro atoms. The Morgan fingerprint density at radius 2 is 0.985 bits per heavy atom. The molecule has 6 rings (SSSR count). The lowest BCUT2D eigenvalue weighted by Gasteiger charge is -2.32. The van der Waals surface area contributed by atoms with Gasteiger partial charge in [-0.3, -0.25) is 28.8 Å². The Balaban J connectivity index is 0.942. The van der Waals surface area contributed by atoms with E-state index in [1.54, 1.807) is 37.7 Å². The molecule has 2 aliphatic carbocycles. The zero-order chi connectivity index (χ0) is 47.0. The van der Waals surface area contributed by atoms with Crippen molar-refractivity contribution in [2.75, 3.05) is 53.6 Å². The number of aryl methyl sites for hydroxylation is 2. The Kier molecular flexibility index (Phi) is 19.4. The Labute approximate surface area is 390 Å². The zero-order valence-corrected chi connectivity index (χ0v) is 39.5. The number of nitrogens with one attached hydrogen (secondary N) is 6. The van der Waals surface area contributed by atoms with Crippen molar-refractivity contribution in [3.05, 3.63) is 70.8 Å². The Morgan fingerprint density at radius 1 is 0.576 bits per heavy atom. The number of nitrogens with zero attached hydrogens (tertiary/aromatic N) is 2. The van der Waals surface area contributed by atoms with Gasteiger partial charge in [-0.15, -0.1) is 0 Å². The van der Waals surface area contributed by atoms with E-state index in [1.165, 1.54) is 11.1 Å². The summed E-state index contributed by atoms with van der Waals surface area (Å²) in [6.07, 6.45) is 11.2. The first kappa shape index (κ1) is 50.5. The van der Waals surface area contributed by atoms with Gasteiger partial charge in [-0.25, -0.2) is 0 Å². The first-order chi connectivity index (χ1) is 32.0. The number of benzene rings is 2. The summed E-state index contributed by atoms with van der Waals surface area (Å²) in [6, 6.07) is 12.0. The third-order valence-electron chi connectivity index (χ3n) is 13.8. The fraction of sp³-hybridized carbons (Fsp3) is 0.640. The molecule has 0 bridgehead atoms. The van der Waals surface area contributed by atoms with E-state index in [9.17, 15) is 28.8 Å². The van der Waals surface area contributed by atoms with Crippen LogP contribution in [-0.2, 0) is 51.1 Å². The lowest BCUT2D eigenvalue weighted by molar-refractivity contribution is -0.143. The average Bonchev–Trinajstić information content (AvgIpc) is 4.05. The van der Waals surface area contributed by atoms with Crippen molar-refractivity contribution in [2.45, 2.75) is 152 Å². The first-order valence-electron chi connectivity index (χ1n) is 24.5. The van der Waals surface area contributed by atoms with Crippen molar-refractivity contribution in [1.29, 1.82) is 0 Å². The summed E-state index contributed by atoms with van der Waals surface area (Å²) in [4.78, 5) is 84.6. The highest BCUT2D eigenvalue weighted by atomic mass is 16.5. The summed E-state index contributed by atoms with van der Waals surface area (Å²) in [5, 5.41) is 18.0. The van der Waals surface area contributed by atoms with Crippen molar-refractivity contribution < 1.29 is 38.2 Å². The van der Waals surface area contributed by atoms with Gasteiger partial charge in [0.2, 0.25) is 35.4 Å². The molecule has 0 saturated carbocycles. The molecular weight excluding hydrogens is 841 g/mol.